The first-order chi connectivity index (χ1) is 21.1. The number of anilines is 1. The van der Waals surface area contributed by atoms with Crippen LogP contribution >= 0.6 is 0 Å². The van der Waals surface area contributed by atoms with Crippen molar-refractivity contribution in [3.63, 3.8) is 0 Å². The molecule has 0 aliphatic heterocycles. The minimum Gasteiger partial charge on any atom is -0.352 e. The van der Waals surface area contributed by atoms with Crippen LogP contribution in [0.5, 0.6) is 0 Å². The maximum Gasteiger partial charge on any atom is 0.264 e. The standard InChI is InChI=1S/C34H35F2N3O4S/c1-3-25(2)37-34(41)32(22-26-10-6-4-7-11-26)38(23-27-14-16-28(35)17-15-27)33(40)24-39(30-12-8-5-9-13-30)44(42,43)31-20-18-29(36)19-21-31/h4-21,25,32H,3,22-24H2,1-2H3,(H,37,41)/t25-,32-/m0/s1. The second kappa shape index (κ2) is 14.7. The van der Waals surface area contributed by atoms with E-state index in [-0.39, 0.29) is 29.6 Å². The van der Waals surface area contributed by atoms with Crippen LogP contribution in [0.15, 0.2) is 114 Å². The summed E-state index contributed by atoms with van der Waals surface area (Å²) >= 11 is 0. The van der Waals surface area contributed by atoms with Crippen molar-refractivity contribution in [1.82, 2.24) is 10.2 Å². The van der Waals surface area contributed by atoms with Crippen LogP contribution in [0.3, 0.4) is 0 Å². The van der Waals surface area contributed by atoms with Gasteiger partial charge in [0.25, 0.3) is 10.0 Å². The molecule has 0 unspecified atom stereocenters. The number of nitrogens with one attached hydrogen (secondary N) is 1. The molecule has 0 bridgehead atoms. The second-order valence-corrected chi connectivity index (χ2v) is 12.3. The molecule has 0 aliphatic carbocycles. The number of benzene rings is 4. The maximum absolute atomic E-state index is 14.3. The smallest absolute Gasteiger partial charge is 0.264 e. The number of rotatable bonds is 13. The van der Waals surface area contributed by atoms with E-state index in [1.165, 1.54) is 29.2 Å². The first-order valence-electron chi connectivity index (χ1n) is 14.3. The molecule has 230 valence electrons. The Morgan fingerprint density at radius 3 is 1.89 bits per heavy atom. The molecule has 10 heteroatoms. The molecular weight excluding hydrogens is 584 g/mol. The molecule has 4 aromatic carbocycles. The number of hydrogen-bond acceptors (Lipinski definition) is 4. The van der Waals surface area contributed by atoms with E-state index in [9.17, 15) is 26.8 Å². The summed E-state index contributed by atoms with van der Waals surface area (Å²) in [6, 6.07) is 26.0. The van der Waals surface area contributed by atoms with E-state index in [0.29, 0.717) is 12.0 Å². The topological polar surface area (TPSA) is 86.8 Å². The lowest BCUT2D eigenvalue weighted by Gasteiger charge is -2.34. The summed E-state index contributed by atoms with van der Waals surface area (Å²) in [6.07, 6.45) is 0.819. The van der Waals surface area contributed by atoms with E-state index in [1.54, 1.807) is 30.3 Å². The van der Waals surface area contributed by atoms with E-state index >= 15 is 0 Å². The number of hydrogen-bond donors (Lipinski definition) is 1. The minimum absolute atomic E-state index is 0.0796. The molecule has 0 fully saturated rings. The highest BCUT2D eigenvalue weighted by Crippen LogP contribution is 2.25. The molecule has 1 N–H and O–H groups in total. The largest absolute Gasteiger partial charge is 0.352 e. The van der Waals surface area contributed by atoms with Crippen LogP contribution in [0.4, 0.5) is 14.5 Å². The van der Waals surface area contributed by atoms with Gasteiger partial charge in [0.2, 0.25) is 11.8 Å². The predicted octanol–water partition coefficient (Wildman–Crippen LogP) is 5.71. The van der Waals surface area contributed by atoms with E-state index in [0.717, 1.165) is 34.1 Å². The van der Waals surface area contributed by atoms with Gasteiger partial charge in [-0.25, -0.2) is 17.2 Å². The molecule has 0 aliphatic rings. The first kappa shape index (κ1) is 32.3. The first-order valence-corrected chi connectivity index (χ1v) is 15.7. The van der Waals surface area contributed by atoms with Crippen molar-refractivity contribution in [3.8, 4) is 0 Å². The van der Waals surface area contributed by atoms with Gasteiger partial charge in [-0.3, -0.25) is 13.9 Å². The van der Waals surface area contributed by atoms with Crippen molar-refractivity contribution >= 4 is 27.5 Å². The Hall–Kier alpha value is -4.57. The van der Waals surface area contributed by atoms with Crippen molar-refractivity contribution in [2.45, 2.75) is 50.2 Å². The Morgan fingerprint density at radius 1 is 0.773 bits per heavy atom. The third-order valence-corrected chi connectivity index (χ3v) is 9.05. The summed E-state index contributed by atoms with van der Waals surface area (Å²) in [4.78, 5) is 29.3. The van der Waals surface area contributed by atoms with Crippen LogP contribution < -0.4 is 9.62 Å². The molecule has 0 aromatic heterocycles. The summed E-state index contributed by atoms with van der Waals surface area (Å²) in [6.45, 7) is 3.06. The van der Waals surface area contributed by atoms with E-state index in [2.05, 4.69) is 5.32 Å². The fourth-order valence-corrected chi connectivity index (χ4v) is 6.05. The maximum atomic E-state index is 14.3. The molecule has 0 heterocycles. The molecule has 2 amide bonds. The number of amides is 2. The summed E-state index contributed by atoms with van der Waals surface area (Å²) in [5.41, 5.74) is 1.57. The van der Waals surface area contributed by atoms with Crippen molar-refractivity contribution in [2.24, 2.45) is 0 Å². The summed E-state index contributed by atoms with van der Waals surface area (Å²) in [5.74, 6) is -2.11. The molecule has 44 heavy (non-hydrogen) atoms. The zero-order valence-electron chi connectivity index (χ0n) is 24.6. The van der Waals surface area contributed by atoms with Gasteiger partial charge < -0.3 is 10.2 Å². The van der Waals surface area contributed by atoms with Gasteiger partial charge in [0.1, 0.15) is 24.2 Å². The van der Waals surface area contributed by atoms with Gasteiger partial charge in [-0.1, -0.05) is 67.6 Å². The Balaban J connectivity index is 1.78. The molecule has 0 spiro atoms. The van der Waals surface area contributed by atoms with Crippen LogP contribution in [0.2, 0.25) is 0 Å². The minimum atomic E-state index is -4.34. The number of halogens is 2. The van der Waals surface area contributed by atoms with Gasteiger partial charge in [-0.15, -0.1) is 0 Å². The monoisotopic (exact) mass is 619 g/mol. The lowest BCUT2D eigenvalue weighted by atomic mass is 10.0. The molecule has 0 saturated carbocycles. The molecule has 7 nitrogen and oxygen atoms in total. The fraction of sp³-hybridized carbons (Fsp3) is 0.235. The Kier molecular flexibility index (Phi) is 10.8. The molecule has 2 atom stereocenters. The van der Waals surface area contributed by atoms with Crippen LogP contribution in [-0.4, -0.2) is 43.8 Å². The number of carbonyl (C=O) groups is 2. The number of sulfonamides is 1. The highest BCUT2D eigenvalue weighted by Gasteiger charge is 2.35. The van der Waals surface area contributed by atoms with Crippen molar-refractivity contribution < 1.29 is 26.8 Å². The molecule has 4 aromatic rings. The highest BCUT2D eigenvalue weighted by molar-refractivity contribution is 7.92. The lowest BCUT2D eigenvalue weighted by molar-refractivity contribution is -0.140. The summed E-state index contributed by atoms with van der Waals surface area (Å²) in [5, 5.41) is 2.97. The third-order valence-electron chi connectivity index (χ3n) is 7.26. The zero-order valence-corrected chi connectivity index (χ0v) is 25.4. The van der Waals surface area contributed by atoms with Gasteiger partial charge >= 0.3 is 0 Å². The summed E-state index contributed by atoms with van der Waals surface area (Å²) < 4.78 is 56.2. The fourth-order valence-electron chi connectivity index (χ4n) is 4.64. The Morgan fingerprint density at radius 2 is 1.32 bits per heavy atom. The van der Waals surface area contributed by atoms with Gasteiger partial charge in [-0.2, -0.15) is 0 Å². The van der Waals surface area contributed by atoms with Gasteiger partial charge in [0, 0.05) is 19.0 Å². The zero-order chi connectivity index (χ0) is 31.7. The normalized spacial score (nSPS) is 12.6. The van der Waals surface area contributed by atoms with E-state index in [4.69, 9.17) is 0 Å². The number of para-hydroxylation sites is 1. The van der Waals surface area contributed by atoms with Crippen LogP contribution in [0.1, 0.15) is 31.4 Å². The highest BCUT2D eigenvalue weighted by atomic mass is 32.2. The molecule has 0 saturated heterocycles. The second-order valence-electron chi connectivity index (χ2n) is 10.5. The van der Waals surface area contributed by atoms with Gasteiger partial charge in [0.05, 0.1) is 10.6 Å². The SMILES string of the molecule is CC[C@H](C)NC(=O)[C@H](Cc1ccccc1)N(Cc1ccc(F)cc1)C(=O)CN(c1ccccc1)S(=O)(=O)c1ccc(F)cc1. The van der Waals surface area contributed by atoms with Gasteiger partial charge in [-0.05, 0) is 73.0 Å². The Labute approximate surface area is 257 Å². The van der Waals surface area contributed by atoms with Crippen LogP contribution in [0.25, 0.3) is 0 Å². The van der Waals surface area contributed by atoms with Crippen molar-refractivity contribution in [2.75, 3.05) is 10.8 Å². The molecule has 4 rings (SSSR count). The van der Waals surface area contributed by atoms with E-state index < -0.39 is 46.1 Å². The number of nitrogens with zero attached hydrogens (tertiary/aromatic N) is 2. The quantitative estimate of drug-likeness (QED) is 0.208. The summed E-state index contributed by atoms with van der Waals surface area (Å²) in [7, 11) is -4.34. The average Bonchev–Trinajstić information content (AvgIpc) is 3.03. The van der Waals surface area contributed by atoms with Crippen molar-refractivity contribution in [3.05, 3.63) is 132 Å². The predicted molar refractivity (Wildman–Crippen MR) is 166 cm³/mol. The molecule has 0 radical (unpaired) electrons. The van der Waals surface area contributed by atoms with Gasteiger partial charge in [0.15, 0.2) is 0 Å². The average molecular weight is 620 g/mol. The number of carbonyl (C=O) groups excluding carboxylic acids is 2. The van der Waals surface area contributed by atoms with Crippen LogP contribution in [0, 0.1) is 11.6 Å². The van der Waals surface area contributed by atoms with E-state index in [1.807, 2.05) is 44.2 Å². The van der Waals surface area contributed by atoms with Crippen molar-refractivity contribution in [1.29, 1.82) is 0 Å². The molecular formula is C34H35F2N3O4S. The Bertz CT molecular complexity index is 1640. The third kappa shape index (κ3) is 8.29. The van der Waals surface area contributed by atoms with Crippen LogP contribution in [-0.2, 0) is 32.6 Å². The lowest BCUT2D eigenvalue weighted by Crippen LogP contribution is -2.54.